The minimum absolute atomic E-state index is 0.193. The van der Waals surface area contributed by atoms with Crippen LogP contribution in [0.5, 0.6) is 0 Å². The van der Waals surface area contributed by atoms with Gasteiger partial charge in [0.2, 0.25) is 0 Å². The third-order valence-electron chi connectivity index (χ3n) is 4.23. The largest absolute Gasteiger partial charge is 0.388 e. The first-order valence-corrected chi connectivity index (χ1v) is 7.54. The summed E-state index contributed by atoms with van der Waals surface area (Å²) in [5.74, 6) is 0. The van der Waals surface area contributed by atoms with Crippen molar-refractivity contribution in [2.24, 2.45) is 5.41 Å². The average Bonchev–Trinajstić information content (AvgIpc) is 2.73. The maximum atomic E-state index is 12.4. The van der Waals surface area contributed by atoms with E-state index >= 15 is 0 Å². The summed E-state index contributed by atoms with van der Waals surface area (Å²) < 4.78 is 27.7. The summed E-state index contributed by atoms with van der Waals surface area (Å²) in [5, 5.41) is 10.3. The Hall–Kier alpha value is -0.170. The summed E-state index contributed by atoms with van der Waals surface area (Å²) >= 11 is 0. The van der Waals surface area contributed by atoms with Crippen LogP contribution in [0.15, 0.2) is 0 Å². The third kappa shape index (κ3) is 2.12. The van der Waals surface area contributed by atoms with Gasteiger partial charge in [0.25, 0.3) is 10.2 Å². The fourth-order valence-corrected chi connectivity index (χ4v) is 4.42. The molecule has 0 bridgehead atoms. The topological polar surface area (TPSA) is 60.9 Å². The van der Waals surface area contributed by atoms with E-state index in [0.29, 0.717) is 19.6 Å². The lowest BCUT2D eigenvalue weighted by atomic mass is 9.79. The normalized spacial score (nSPS) is 35.5. The van der Waals surface area contributed by atoms with Crippen LogP contribution in [0.3, 0.4) is 0 Å². The fourth-order valence-electron chi connectivity index (χ4n) is 2.47. The molecule has 17 heavy (non-hydrogen) atoms. The van der Waals surface area contributed by atoms with E-state index in [-0.39, 0.29) is 6.54 Å². The van der Waals surface area contributed by atoms with Gasteiger partial charge in [-0.15, -0.1) is 0 Å². The molecule has 2 heterocycles. The maximum Gasteiger partial charge on any atom is 0.282 e. The van der Waals surface area contributed by atoms with Crippen molar-refractivity contribution >= 4 is 10.2 Å². The molecule has 0 saturated carbocycles. The zero-order valence-electron chi connectivity index (χ0n) is 10.8. The van der Waals surface area contributed by atoms with E-state index in [1.807, 2.05) is 13.8 Å². The molecule has 2 fully saturated rings. The molecular weight excluding hydrogens is 240 g/mol. The zero-order valence-corrected chi connectivity index (χ0v) is 11.6. The van der Waals surface area contributed by atoms with Crippen LogP contribution in [-0.4, -0.2) is 53.9 Å². The van der Waals surface area contributed by atoms with Gasteiger partial charge in [-0.2, -0.15) is 17.0 Å². The van der Waals surface area contributed by atoms with Crippen LogP contribution in [-0.2, 0) is 10.2 Å². The molecule has 1 N–H and O–H groups in total. The summed E-state index contributed by atoms with van der Waals surface area (Å²) in [4.78, 5) is 0. The Bertz CT molecular complexity index is 381. The van der Waals surface area contributed by atoms with Crippen LogP contribution in [0.25, 0.3) is 0 Å². The first-order chi connectivity index (χ1) is 7.67. The molecule has 0 amide bonds. The van der Waals surface area contributed by atoms with Crippen molar-refractivity contribution in [2.45, 2.75) is 39.2 Å². The lowest BCUT2D eigenvalue weighted by molar-refractivity contribution is -0.0101. The summed E-state index contributed by atoms with van der Waals surface area (Å²) in [6, 6.07) is 0. The Morgan fingerprint density at radius 3 is 1.94 bits per heavy atom. The van der Waals surface area contributed by atoms with Gasteiger partial charge in [-0.3, -0.25) is 0 Å². The molecule has 0 unspecified atom stereocenters. The van der Waals surface area contributed by atoms with E-state index in [1.165, 1.54) is 8.61 Å². The van der Waals surface area contributed by atoms with Crippen molar-refractivity contribution in [2.75, 3.05) is 26.2 Å². The first-order valence-electron chi connectivity index (χ1n) is 6.14. The van der Waals surface area contributed by atoms with Crippen molar-refractivity contribution in [3.8, 4) is 0 Å². The molecule has 0 radical (unpaired) electrons. The number of hydrogen-bond acceptors (Lipinski definition) is 3. The summed E-state index contributed by atoms with van der Waals surface area (Å²) in [7, 11) is -3.37. The second-order valence-electron chi connectivity index (χ2n) is 6.04. The zero-order chi connectivity index (χ0) is 12.9. The van der Waals surface area contributed by atoms with Crippen molar-refractivity contribution in [3.05, 3.63) is 0 Å². The van der Waals surface area contributed by atoms with Gasteiger partial charge < -0.3 is 5.11 Å². The second-order valence-corrected chi connectivity index (χ2v) is 7.97. The molecule has 0 aliphatic carbocycles. The molecule has 2 aliphatic heterocycles. The van der Waals surface area contributed by atoms with Crippen molar-refractivity contribution in [1.29, 1.82) is 0 Å². The highest BCUT2D eigenvalue weighted by molar-refractivity contribution is 7.86. The molecule has 0 spiro atoms. The van der Waals surface area contributed by atoms with Crippen molar-refractivity contribution in [3.63, 3.8) is 0 Å². The molecule has 2 saturated heterocycles. The number of rotatable bonds is 2. The van der Waals surface area contributed by atoms with Crippen molar-refractivity contribution in [1.82, 2.24) is 8.61 Å². The Morgan fingerprint density at radius 2 is 1.53 bits per heavy atom. The standard InChI is InChI=1S/C11H22N2O3S/c1-10(2)8-13(9-11(10,3)14)17(15,16)12-6-4-5-7-12/h14H,4-9H2,1-3H3/t11-/m1/s1. The number of aliphatic hydroxyl groups is 1. The molecule has 0 aromatic carbocycles. The van der Waals surface area contributed by atoms with Crippen LogP contribution < -0.4 is 0 Å². The summed E-state index contributed by atoms with van der Waals surface area (Å²) in [6.07, 6.45) is 1.87. The van der Waals surface area contributed by atoms with Gasteiger partial charge in [0, 0.05) is 31.6 Å². The minimum atomic E-state index is -3.37. The number of nitrogens with zero attached hydrogens (tertiary/aromatic N) is 2. The van der Waals surface area contributed by atoms with E-state index in [0.717, 1.165) is 12.8 Å². The van der Waals surface area contributed by atoms with Crippen LogP contribution in [0, 0.1) is 5.41 Å². The number of β-amino-alcohol motifs (C(OH)–C–C–N with tert-alkyl or cyclic N) is 1. The highest BCUT2D eigenvalue weighted by Crippen LogP contribution is 2.40. The Balaban J connectivity index is 2.20. The van der Waals surface area contributed by atoms with Crippen LogP contribution in [0.1, 0.15) is 33.6 Å². The van der Waals surface area contributed by atoms with Gasteiger partial charge in [-0.1, -0.05) is 13.8 Å². The highest BCUT2D eigenvalue weighted by Gasteiger charge is 2.52. The van der Waals surface area contributed by atoms with Gasteiger partial charge in [0.15, 0.2) is 0 Å². The number of hydrogen-bond donors (Lipinski definition) is 1. The van der Waals surface area contributed by atoms with Gasteiger partial charge in [0.1, 0.15) is 0 Å². The van der Waals surface area contributed by atoms with Gasteiger partial charge >= 0.3 is 0 Å². The predicted octanol–water partition coefficient (Wildman–Crippen LogP) is 0.420. The lowest BCUT2D eigenvalue weighted by Crippen LogP contribution is -2.43. The van der Waals surface area contributed by atoms with Crippen LogP contribution in [0.4, 0.5) is 0 Å². The molecule has 2 rings (SSSR count). The Morgan fingerprint density at radius 1 is 1.00 bits per heavy atom. The minimum Gasteiger partial charge on any atom is -0.388 e. The molecule has 1 atom stereocenters. The monoisotopic (exact) mass is 262 g/mol. The summed E-state index contributed by atoms with van der Waals surface area (Å²) in [5.41, 5.74) is -1.36. The van der Waals surface area contributed by atoms with Gasteiger partial charge in [-0.25, -0.2) is 0 Å². The molecule has 0 aromatic rings. The SMILES string of the molecule is CC1(C)CN(S(=O)(=O)N2CCCC2)C[C@@]1(C)O. The molecule has 0 aromatic heterocycles. The molecule has 100 valence electrons. The quantitative estimate of drug-likeness (QED) is 0.784. The third-order valence-corrected chi connectivity index (χ3v) is 6.16. The van der Waals surface area contributed by atoms with Crippen LogP contribution in [0.2, 0.25) is 0 Å². The maximum absolute atomic E-state index is 12.4. The molecule has 6 heteroatoms. The van der Waals surface area contributed by atoms with Crippen LogP contribution >= 0.6 is 0 Å². The Labute approximate surface area is 104 Å². The van der Waals surface area contributed by atoms with E-state index in [4.69, 9.17) is 0 Å². The molecule has 2 aliphatic rings. The second kappa shape index (κ2) is 3.91. The van der Waals surface area contributed by atoms with E-state index < -0.39 is 21.2 Å². The summed E-state index contributed by atoms with van der Waals surface area (Å²) in [6.45, 7) is 7.34. The first kappa shape index (κ1) is 13.3. The van der Waals surface area contributed by atoms with Gasteiger partial charge in [0.05, 0.1) is 5.60 Å². The average molecular weight is 262 g/mol. The van der Waals surface area contributed by atoms with Crippen molar-refractivity contribution < 1.29 is 13.5 Å². The van der Waals surface area contributed by atoms with E-state index in [1.54, 1.807) is 6.92 Å². The van der Waals surface area contributed by atoms with E-state index in [2.05, 4.69) is 0 Å². The smallest absolute Gasteiger partial charge is 0.282 e. The lowest BCUT2D eigenvalue weighted by Gasteiger charge is -2.31. The fraction of sp³-hybridized carbons (Fsp3) is 1.00. The molecule has 5 nitrogen and oxygen atoms in total. The Kier molecular flexibility index (Phi) is 3.05. The van der Waals surface area contributed by atoms with E-state index in [9.17, 15) is 13.5 Å². The highest BCUT2D eigenvalue weighted by atomic mass is 32.2. The molecular formula is C11H22N2O3S. The van der Waals surface area contributed by atoms with Gasteiger partial charge in [-0.05, 0) is 19.8 Å². The predicted molar refractivity (Wildman–Crippen MR) is 65.7 cm³/mol.